The van der Waals surface area contributed by atoms with Gasteiger partial charge in [-0.2, -0.15) is 0 Å². The maximum Gasteiger partial charge on any atom is 0.288 e. The molecule has 0 aromatic heterocycles. The Kier molecular flexibility index (Phi) is 7.89. The van der Waals surface area contributed by atoms with Crippen LogP contribution in [-0.4, -0.2) is 28.5 Å². The minimum atomic E-state index is -0.702. The molecule has 0 saturated carbocycles. The third-order valence-electron chi connectivity index (χ3n) is 4.04. The van der Waals surface area contributed by atoms with Crippen molar-refractivity contribution in [3.8, 4) is 5.75 Å². The Morgan fingerprint density at radius 3 is 2.35 bits per heavy atom. The van der Waals surface area contributed by atoms with Crippen LogP contribution in [0.15, 0.2) is 42.5 Å². The smallest absolute Gasteiger partial charge is 0.288 e. The van der Waals surface area contributed by atoms with Crippen molar-refractivity contribution in [3.63, 3.8) is 0 Å². The summed E-state index contributed by atoms with van der Waals surface area (Å²) in [5.41, 5.74) is 5.30. The van der Waals surface area contributed by atoms with E-state index >= 15 is 0 Å². The van der Waals surface area contributed by atoms with Crippen molar-refractivity contribution in [3.05, 3.63) is 68.7 Å². The van der Waals surface area contributed by atoms with Gasteiger partial charge in [-0.25, -0.2) is 0 Å². The molecule has 0 unspecified atom stereocenters. The molecular formula is C20H21ClN4O5S. The fraction of sp³-hybridized carbons (Fsp3) is 0.250. The van der Waals surface area contributed by atoms with E-state index in [-0.39, 0.29) is 27.7 Å². The average molecular weight is 465 g/mol. The van der Waals surface area contributed by atoms with Gasteiger partial charge in [-0.05, 0) is 47.5 Å². The lowest BCUT2D eigenvalue weighted by atomic mass is 9.87. The Morgan fingerprint density at radius 1 is 1.13 bits per heavy atom. The van der Waals surface area contributed by atoms with E-state index in [4.69, 9.17) is 28.6 Å². The minimum Gasteiger partial charge on any atom is -0.484 e. The number of carbonyl (C=O) groups is 2. The lowest BCUT2D eigenvalue weighted by Crippen LogP contribution is -2.49. The van der Waals surface area contributed by atoms with Gasteiger partial charge in [-0.1, -0.05) is 44.5 Å². The maximum atomic E-state index is 12.1. The van der Waals surface area contributed by atoms with Crippen LogP contribution in [0.1, 0.15) is 36.7 Å². The number of hydrogen-bond acceptors (Lipinski definition) is 6. The van der Waals surface area contributed by atoms with Gasteiger partial charge in [0.15, 0.2) is 11.7 Å². The van der Waals surface area contributed by atoms with E-state index in [0.717, 1.165) is 11.6 Å². The molecule has 0 saturated heterocycles. The first-order valence-corrected chi connectivity index (χ1v) is 9.83. The number of hydrogen-bond donors (Lipinski definition) is 3. The second-order valence-electron chi connectivity index (χ2n) is 7.44. The molecule has 0 aliphatic carbocycles. The van der Waals surface area contributed by atoms with Gasteiger partial charge in [0.1, 0.15) is 10.8 Å². The summed E-state index contributed by atoms with van der Waals surface area (Å²) in [6.07, 6.45) is 0. The number of nitro benzene ring substituents is 1. The summed E-state index contributed by atoms with van der Waals surface area (Å²) in [5.74, 6) is -0.708. The number of thiocarbonyl (C=S) groups is 1. The van der Waals surface area contributed by atoms with E-state index < -0.39 is 22.4 Å². The molecule has 2 aromatic rings. The summed E-state index contributed by atoms with van der Waals surface area (Å²) < 4.78 is 5.41. The van der Waals surface area contributed by atoms with Crippen LogP contribution in [0.5, 0.6) is 5.75 Å². The zero-order chi connectivity index (χ0) is 23.2. The zero-order valence-electron chi connectivity index (χ0n) is 17.0. The highest BCUT2D eigenvalue weighted by molar-refractivity contribution is 7.80. The van der Waals surface area contributed by atoms with Gasteiger partial charge < -0.3 is 4.74 Å². The van der Waals surface area contributed by atoms with E-state index in [2.05, 4.69) is 36.9 Å². The molecule has 11 heteroatoms. The number of nitrogens with zero attached hydrogens (tertiary/aromatic N) is 1. The first-order valence-electron chi connectivity index (χ1n) is 9.05. The molecule has 9 nitrogen and oxygen atoms in total. The summed E-state index contributed by atoms with van der Waals surface area (Å²) >= 11 is 10.6. The standard InChI is InChI=1S/C20H21ClN4O5S/c1-20(2,3)13-5-7-14(8-6-13)30-11-17(26)22-19(31)24-23-18(27)12-4-9-15(21)16(10-12)25(28)29/h4-10H,11H2,1-3H3,(H,23,27)(H2,22,24,26,31). The van der Waals surface area contributed by atoms with Crippen molar-refractivity contribution in [1.82, 2.24) is 16.2 Å². The van der Waals surface area contributed by atoms with Crippen LogP contribution in [0.2, 0.25) is 5.02 Å². The highest BCUT2D eigenvalue weighted by Crippen LogP contribution is 2.25. The molecule has 2 rings (SSSR count). The van der Waals surface area contributed by atoms with E-state index in [1.807, 2.05) is 12.1 Å². The van der Waals surface area contributed by atoms with Crippen molar-refractivity contribution < 1.29 is 19.2 Å². The van der Waals surface area contributed by atoms with Crippen LogP contribution in [0.25, 0.3) is 0 Å². The second-order valence-corrected chi connectivity index (χ2v) is 8.26. The number of nitrogens with one attached hydrogen (secondary N) is 3. The molecule has 2 aromatic carbocycles. The summed E-state index contributed by atoms with van der Waals surface area (Å²) in [6.45, 7) is 6.00. The first kappa shape index (κ1) is 24.0. The first-order chi connectivity index (χ1) is 14.5. The highest BCUT2D eigenvalue weighted by Gasteiger charge is 2.17. The number of rotatable bonds is 5. The molecule has 31 heavy (non-hydrogen) atoms. The number of nitro groups is 1. The van der Waals surface area contributed by atoms with Gasteiger partial charge in [0.25, 0.3) is 17.5 Å². The largest absolute Gasteiger partial charge is 0.484 e. The average Bonchev–Trinajstić information content (AvgIpc) is 2.70. The van der Waals surface area contributed by atoms with Crippen LogP contribution < -0.4 is 20.9 Å². The molecule has 0 heterocycles. The lowest BCUT2D eigenvalue weighted by molar-refractivity contribution is -0.384. The van der Waals surface area contributed by atoms with Crippen molar-refractivity contribution >= 4 is 46.4 Å². The topological polar surface area (TPSA) is 123 Å². The number of halogens is 1. The quantitative estimate of drug-likeness (QED) is 0.352. The van der Waals surface area contributed by atoms with Crippen molar-refractivity contribution in [1.29, 1.82) is 0 Å². The molecule has 0 spiro atoms. The predicted octanol–water partition coefficient (Wildman–Crippen LogP) is 3.26. The number of hydrazine groups is 1. The monoisotopic (exact) mass is 464 g/mol. The molecule has 164 valence electrons. The van der Waals surface area contributed by atoms with Crippen LogP contribution in [0.4, 0.5) is 5.69 Å². The molecule has 2 amide bonds. The van der Waals surface area contributed by atoms with Crippen molar-refractivity contribution in [2.24, 2.45) is 0 Å². The number of benzene rings is 2. The summed E-state index contributed by atoms with van der Waals surface area (Å²) in [5, 5.41) is 13.0. The van der Waals surface area contributed by atoms with E-state index in [0.29, 0.717) is 5.75 Å². The van der Waals surface area contributed by atoms with Crippen LogP contribution >= 0.6 is 23.8 Å². The number of carbonyl (C=O) groups excluding carboxylic acids is 2. The molecule has 0 atom stereocenters. The minimum absolute atomic E-state index is 0.00905. The summed E-state index contributed by atoms with van der Waals surface area (Å²) in [6, 6.07) is 11.0. The molecule has 0 bridgehead atoms. The van der Waals surface area contributed by atoms with Gasteiger partial charge in [0, 0.05) is 11.6 Å². The Bertz CT molecular complexity index is 1010. The van der Waals surface area contributed by atoms with Gasteiger partial charge in [0.05, 0.1) is 4.92 Å². The van der Waals surface area contributed by atoms with Crippen LogP contribution in [0.3, 0.4) is 0 Å². The SMILES string of the molecule is CC(C)(C)c1ccc(OCC(=O)NC(=S)NNC(=O)c2ccc(Cl)c([N+](=O)[O-])c2)cc1. The molecule has 0 aliphatic heterocycles. The van der Waals surface area contributed by atoms with E-state index in [1.165, 1.54) is 12.1 Å². The third kappa shape index (κ3) is 7.19. The Morgan fingerprint density at radius 2 is 1.77 bits per heavy atom. The molecular weight excluding hydrogens is 444 g/mol. The fourth-order valence-corrected chi connectivity index (χ4v) is 2.72. The Balaban J connectivity index is 1.80. The fourth-order valence-electron chi connectivity index (χ4n) is 2.37. The molecule has 3 N–H and O–H groups in total. The predicted molar refractivity (Wildman–Crippen MR) is 120 cm³/mol. The summed E-state index contributed by atoms with van der Waals surface area (Å²) in [4.78, 5) is 34.3. The van der Waals surface area contributed by atoms with E-state index in [1.54, 1.807) is 12.1 Å². The van der Waals surface area contributed by atoms with E-state index in [9.17, 15) is 19.7 Å². The van der Waals surface area contributed by atoms with Gasteiger partial charge in [-0.3, -0.25) is 35.9 Å². The number of ether oxygens (including phenoxy) is 1. The van der Waals surface area contributed by atoms with Crippen molar-refractivity contribution in [2.45, 2.75) is 26.2 Å². The van der Waals surface area contributed by atoms with Gasteiger partial charge in [-0.15, -0.1) is 0 Å². The molecule has 0 fully saturated rings. The summed E-state index contributed by atoms with van der Waals surface area (Å²) in [7, 11) is 0. The Labute approximate surface area is 189 Å². The molecule has 0 radical (unpaired) electrons. The van der Waals surface area contributed by atoms with Crippen LogP contribution in [0, 0.1) is 10.1 Å². The van der Waals surface area contributed by atoms with Gasteiger partial charge in [0.2, 0.25) is 0 Å². The third-order valence-corrected chi connectivity index (χ3v) is 4.56. The maximum absolute atomic E-state index is 12.1. The van der Waals surface area contributed by atoms with Crippen molar-refractivity contribution in [2.75, 3.05) is 6.61 Å². The second kappa shape index (κ2) is 10.2. The highest BCUT2D eigenvalue weighted by atomic mass is 35.5. The number of amides is 2. The molecule has 0 aliphatic rings. The zero-order valence-corrected chi connectivity index (χ0v) is 18.6. The van der Waals surface area contributed by atoms with Gasteiger partial charge >= 0.3 is 0 Å². The lowest BCUT2D eigenvalue weighted by Gasteiger charge is -2.19. The normalized spacial score (nSPS) is 10.7. The van der Waals surface area contributed by atoms with Crippen LogP contribution in [-0.2, 0) is 10.2 Å². The Hall–Kier alpha value is -3.24.